The Kier molecular flexibility index (Phi) is 5.96. The van der Waals surface area contributed by atoms with Gasteiger partial charge in [-0.25, -0.2) is 4.98 Å². The highest BCUT2D eigenvalue weighted by molar-refractivity contribution is 7.99. The van der Waals surface area contributed by atoms with Gasteiger partial charge in [0.25, 0.3) is 0 Å². The first-order valence-electron chi connectivity index (χ1n) is 8.72. The van der Waals surface area contributed by atoms with E-state index in [1.807, 2.05) is 25.1 Å². The van der Waals surface area contributed by atoms with Crippen LogP contribution >= 0.6 is 11.8 Å². The molecule has 0 bridgehead atoms. The minimum Gasteiger partial charge on any atom is -0.353 e. The number of hydrogen-bond acceptors (Lipinski definition) is 3. The number of aromatic amines is 1. The maximum Gasteiger partial charge on any atom is 0.230 e. The third-order valence-electron chi connectivity index (χ3n) is 4.49. The van der Waals surface area contributed by atoms with Gasteiger partial charge in [0.05, 0.1) is 11.4 Å². The molecule has 0 unspecified atom stereocenters. The molecule has 1 amide bonds. The van der Waals surface area contributed by atoms with E-state index in [-0.39, 0.29) is 5.91 Å². The van der Waals surface area contributed by atoms with Gasteiger partial charge in [-0.05, 0) is 25.3 Å². The highest BCUT2D eigenvalue weighted by atomic mass is 32.2. The Bertz CT molecular complexity index is 663. The van der Waals surface area contributed by atoms with Gasteiger partial charge in [-0.3, -0.25) is 4.79 Å². The molecule has 5 heteroatoms. The summed E-state index contributed by atoms with van der Waals surface area (Å²) in [5.74, 6) is 0.541. The van der Waals surface area contributed by atoms with E-state index in [0.29, 0.717) is 11.8 Å². The lowest BCUT2D eigenvalue weighted by molar-refractivity contribution is -0.119. The molecule has 0 aliphatic heterocycles. The van der Waals surface area contributed by atoms with Crippen LogP contribution in [0, 0.1) is 6.92 Å². The van der Waals surface area contributed by atoms with Crippen LogP contribution in [0.4, 0.5) is 0 Å². The fourth-order valence-corrected chi connectivity index (χ4v) is 3.90. The summed E-state index contributed by atoms with van der Waals surface area (Å²) in [6, 6.07) is 10.7. The van der Waals surface area contributed by atoms with Crippen molar-refractivity contribution in [3.05, 3.63) is 47.3 Å². The molecule has 1 aromatic carbocycles. The second-order valence-corrected chi connectivity index (χ2v) is 7.43. The van der Waals surface area contributed by atoms with Crippen LogP contribution in [-0.2, 0) is 11.2 Å². The Balaban J connectivity index is 1.50. The van der Waals surface area contributed by atoms with Crippen molar-refractivity contribution >= 4 is 17.7 Å². The predicted octanol–water partition coefficient (Wildman–Crippen LogP) is 3.85. The monoisotopic (exact) mass is 343 g/mol. The molecule has 1 aliphatic rings. The molecule has 4 nitrogen and oxygen atoms in total. The first-order chi connectivity index (χ1) is 11.7. The Labute approximate surface area is 147 Å². The number of carbonyl (C=O) groups is 1. The largest absolute Gasteiger partial charge is 0.353 e. The van der Waals surface area contributed by atoms with Gasteiger partial charge in [-0.15, -0.1) is 0 Å². The third kappa shape index (κ3) is 4.87. The summed E-state index contributed by atoms with van der Waals surface area (Å²) in [5.41, 5.74) is 3.38. The number of benzene rings is 1. The Hall–Kier alpha value is -1.75. The molecule has 3 rings (SSSR count). The lowest BCUT2D eigenvalue weighted by Crippen LogP contribution is -2.37. The number of H-pyrrole nitrogens is 1. The fourth-order valence-electron chi connectivity index (χ4n) is 3.15. The minimum absolute atomic E-state index is 0.116. The summed E-state index contributed by atoms with van der Waals surface area (Å²) >= 11 is 1.48. The van der Waals surface area contributed by atoms with E-state index in [1.165, 1.54) is 36.6 Å². The Morgan fingerprint density at radius 2 is 2.00 bits per heavy atom. The molecule has 0 atom stereocenters. The number of thioether (sulfide) groups is 1. The van der Waals surface area contributed by atoms with Crippen LogP contribution in [0.5, 0.6) is 0 Å². The Morgan fingerprint density at radius 3 is 2.75 bits per heavy atom. The molecule has 1 aliphatic carbocycles. The van der Waals surface area contributed by atoms with Crippen LogP contribution in [-0.4, -0.2) is 27.7 Å². The van der Waals surface area contributed by atoms with Gasteiger partial charge in [0.15, 0.2) is 5.16 Å². The lowest BCUT2D eigenvalue weighted by Gasteiger charge is -2.22. The molecule has 2 N–H and O–H groups in total. The van der Waals surface area contributed by atoms with E-state index in [2.05, 4.69) is 27.4 Å². The highest BCUT2D eigenvalue weighted by Crippen LogP contribution is 2.20. The molecule has 0 saturated heterocycles. The van der Waals surface area contributed by atoms with Crippen molar-refractivity contribution in [2.75, 3.05) is 5.75 Å². The number of aromatic nitrogens is 2. The number of nitrogens with zero attached hydrogens (tertiary/aromatic N) is 1. The zero-order valence-electron chi connectivity index (χ0n) is 14.2. The predicted molar refractivity (Wildman–Crippen MR) is 98.3 cm³/mol. The van der Waals surface area contributed by atoms with E-state index < -0.39 is 0 Å². The molecular weight excluding hydrogens is 318 g/mol. The van der Waals surface area contributed by atoms with E-state index in [1.54, 1.807) is 0 Å². The van der Waals surface area contributed by atoms with Crippen molar-refractivity contribution in [3.63, 3.8) is 0 Å². The maximum atomic E-state index is 12.1. The summed E-state index contributed by atoms with van der Waals surface area (Å²) in [4.78, 5) is 20.0. The standard InChI is InChI=1S/C19H25N3OS/c1-14-17(12-15-8-4-2-5-9-15)22-19(20-14)24-13-18(23)21-16-10-6-3-7-11-16/h2,4-5,8-9,16H,3,6-7,10-13H2,1H3,(H,20,22)(H,21,23). The van der Waals surface area contributed by atoms with Crippen molar-refractivity contribution in [1.29, 1.82) is 0 Å². The molecule has 2 aromatic rings. The van der Waals surface area contributed by atoms with Crippen LogP contribution in [0.15, 0.2) is 35.5 Å². The topological polar surface area (TPSA) is 57.8 Å². The molecule has 1 aromatic heterocycles. The number of hydrogen-bond donors (Lipinski definition) is 2. The molecule has 1 saturated carbocycles. The average Bonchev–Trinajstić information content (AvgIpc) is 2.95. The molecule has 128 valence electrons. The molecule has 0 spiro atoms. The smallest absolute Gasteiger partial charge is 0.230 e. The number of amides is 1. The second-order valence-electron chi connectivity index (χ2n) is 6.47. The molecule has 1 fully saturated rings. The average molecular weight is 343 g/mol. The van der Waals surface area contributed by atoms with Crippen LogP contribution in [0.3, 0.4) is 0 Å². The maximum absolute atomic E-state index is 12.1. The number of carbonyl (C=O) groups excluding carboxylic acids is 1. The third-order valence-corrected chi connectivity index (χ3v) is 5.36. The quantitative estimate of drug-likeness (QED) is 0.783. The molecule has 1 heterocycles. The Morgan fingerprint density at radius 1 is 1.25 bits per heavy atom. The van der Waals surface area contributed by atoms with E-state index in [4.69, 9.17) is 0 Å². The van der Waals surface area contributed by atoms with E-state index in [0.717, 1.165) is 35.8 Å². The summed E-state index contributed by atoms with van der Waals surface area (Å²) < 4.78 is 0. The summed E-state index contributed by atoms with van der Waals surface area (Å²) in [5, 5.41) is 3.98. The molecular formula is C19H25N3OS. The van der Waals surface area contributed by atoms with Gasteiger partial charge < -0.3 is 10.3 Å². The van der Waals surface area contributed by atoms with Crippen molar-refractivity contribution in [2.45, 2.75) is 56.6 Å². The fraction of sp³-hybridized carbons (Fsp3) is 0.474. The van der Waals surface area contributed by atoms with Gasteiger partial charge in [-0.1, -0.05) is 61.4 Å². The normalized spacial score (nSPS) is 15.4. The first-order valence-corrected chi connectivity index (χ1v) is 9.71. The summed E-state index contributed by atoms with van der Waals surface area (Å²) in [6.45, 7) is 2.04. The number of nitrogens with one attached hydrogen (secondary N) is 2. The summed E-state index contributed by atoms with van der Waals surface area (Å²) in [7, 11) is 0. The minimum atomic E-state index is 0.116. The van der Waals surface area contributed by atoms with Crippen LogP contribution in [0.1, 0.15) is 49.1 Å². The second kappa shape index (κ2) is 8.38. The number of imidazole rings is 1. The van der Waals surface area contributed by atoms with Crippen molar-refractivity contribution in [2.24, 2.45) is 0 Å². The first kappa shape index (κ1) is 17.1. The van der Waals surface area contributed by atoms with E-state index >= 15 is 0 Å². The lowest BCUT2D eigenvalue weighted by atomic mass is 9.95. The van der Waals surface area contributed by atoms with Gasteiger partial charge in [0.1, 0.15) is 0 Å². The van der Waals surface area contributed by atoms with Crippen molar-refractivity contribution in [3.8, 4) is 0 Å². The molecule has 0 radical (unpaired) electrons. The summed E-state index contributed by atoms with van der Waals surface area (Å²) in [6.07, 6.45) is 6.83. The SMILES string of the molecule is Cc1[nH]c(SCC(=O)NC2CCCCC2)nc1Cc1ccccc1. The highest BCUT2D eigenvalue weighted by Gasteiger charge is 2.16. The zero-order chi connectivity index (χ0) is 16.8. The molecule has 24 heavy (non-hydrogen) atoms. The van der Waals surface area contributed by atoms with Crippen molar-refractivity contribution < 1.29 is 4.79 Å². The van der Waals surface area contributed by atoms with Gasteiger partial charge >= 0.3 is 0 Å². The van der Waals surface area contributed by atoms with Crippen molar-refractivity contribution in [1.82, 2.24) is 15.3 Å². The number of aryl methyl sites for hydroxylation is 1. The van der Waals surface area contributed by atoms with Gasteiger partial charge in [0.2, 0.25) is 5.91 Å². The van der Waals surface area contributed by atoms with Gasteiger partial charge in [0, 0.05) is 18.2 Å². The zero-order valence-corrected chi connectivity index (χ0v) is 15.0. The van der Waals surface area contributed by atoms with Crippen LogP contribution in [0.2, 0.25) is 0 Å². The van der Waals surface area contributed by atoms with Crippen LogP contribution in [0.25, 0.3) is 0 Å². The van der Waals surface area contributed by atoms with Gasteiger partial charge in [-0.2, -0.15) is 0 Å². The number of rotatable bonds is 6. The van der Waals surface area contributed by atoms with E-state index in [9.17, 15) is 4.79 Å². The van der Waals surface area contributed by atoms with Crippen LogP contribution < -0.4 is 5.32 Å².